The van der Waals surface area contributed by atoms with Crippen LogP contribution >= 0.6 is 0 Å². The summed E-state index contributed by atoms with van der Waals surface area (Å²) in [5.41, 5.74) is 5.14. The molecule has 0 aliphatic carbocycles. The van der Waals surface area contributed by atoms with Crippen LogP contribution in [-0.2, 0) is 11.2 Å². The van der Waals surface area contributed by atoms with Gasteiger partial charge in [-0.15, -0.1) is 0 Å². The van der Waals surface area contributed by atoms with Gasteiger partial charge in [0.25, 0.3) is 5.91 Å². The maximum Gasteiger partial charge on any atom is 0.254 e. The summed E-state index contributed by atoms with van der Waals surface area (Å²) in [6, 6.07) is 7.12. The highest BCUT2D eigenvalue weighted by Crippen LogP contribution is 2.35. The first-order valence-electron chi connectivity index (χ1n) is 13.9. The summed E-state index contributed by atoms with van der Waals surface area (Å²) in [5, 5.41) is 0. The SMILES string of the molecule is CCN(C(=O)c1cc(F)ccc1-c1cc(CC2CN([C@H](CCC=O)C(C)C)C2)n2c(C)cncc12)C(C)C. The third kappa shape index (κ3) is 5.53. The van der Waals surface area contributed by atoms with E-state index in [1.165, 1.54) is 17.8 Å². The van der Waals surface area contributed by atoms with Crippen molar-refractivity contribution in [2.75, 3.05) is 19.6 Å². The Bertz CT molecular complexity index is 1290. The molecule has 1 aliphatic rings. The van der Waals surface area contributed by atoms with E-state index < -0.39 is 5.82 Å². The van der Waals surface area contributed by atoms with E-state index in [1.54, 1.807) is 11.0 Å². The van der Waals surface area contributed by atoms with Gasteiger partial charge in [-0.05, 0) is 76.1 Å². The standard InChI is InChI=1S/C31H41FN4O2/c1-7-35(21(4)5)31(38)28-14-24(32)10-11-26(28)27-15-25(36-22(6)16-33-17-30(27)36)13-23-18-34(19-23)29(20(2)3)9-8-12-37/h10-12,14-17,20-21,23,29H,7-9,13,18-19H2,1-6H3/t29-/m1/s1. The Balaban J connectivity index is 1.68. The Morgan fingerprint density at radius 1 is 1.16 bits per heavy atom. The summed E-state index contributed by atoms with van der Waals surface area (Å²) in [6.45, 7) is 15.0. The maximum atomic E-state index is 14.4. The number of aryl methyl sites for hydroxylation is 1. The van der Waals surface area contributed by atoms with Gasteiger partial charge in [0.1, 0.15) is 12.1 Å². The molecule has 6 nitrogen and oxygen atoms in total. The van der Waals surface area contributed by atoms with E-state index in [1.807, 2.05) is 40.1 Å². The van der Waals surface area contributed by atoms with Crippen LogP contribution < -0.4 is 0 Å². The largest absolute Gasteiger partial charge is 0.336 e. The number of nitrogens with zero attached hydrogens (tertiary/aromatic N) is 4. The maximum absolute atomic E-state index is 14.4. The van der Waals surface area contributed by atoms with Gasteiger partial charge in [0.2, 0.25) is 0 Å². The molecule has 3 aromatic rings. The Kier molecular flexibility index (Phi) is 8.66. The molecule has 38 heavy (non-hydrogen) atoms. The lowest BCUT2D eigenvalue weighted by Crippen LogP contribution is -2.54. The molecule has 2 aromatic heterocycles. The van der Waals surface area contributed by atoms with Crippen molar-refractivity contribution in [1.29, 1.82) is 0 Å². The molecule has 1 amide bonds. The number of carbonyl (C=O) groups is 2. The molecule has 204 valence electrons. The molecule has 1 aromatic carbocycles. The predicted octanol–water partition coefficient (Wildman–Crippen LogP) is 5.80. The van der Waals surface area contributed by atoms with Gasteiger partial charge in [0.15, 0.2) is 0 Å². The summed E-state index contributed by atoms with van der Waals surface area (Å²) < 4.78 is 16.7. The molecule has 4 rings (SSSR count). The zero-order valence-electron chi connectivity index (χ0n) is 23.6. The average Bonchev–Trinajstić information content (AvgIpc) is 3.21. The van der Waals surface area contributed by atoms with E-state index in [0.29, 0.717) is 36.4 Å². The molecule has 0 bridgehead atoms. The fraction of sp³-hybridized carbons (Fsp3) is 0.516. The second-order valence-corrected chi connectivity index (χ2v) is 11.3. The minimum Gasteiger partial charge on any atom is -0.336 e. The van der Waals surface area contributed by atoms with Gasteiger partial charge in [0, 0.05) is 61.3 Å². The molecule has 3 heterocycles. The molecule has 1 fully saturated rings. The summed E-state index contributed by atoms with van der Waals surface area (Å²) in [6.07, 6.45) is 7.13. The monoisotopic (exact) mass is 520 g/mol. The van der Waals surface area contributed by atoms with Crippen LogP contribution in [0.15, 0.2) is 36.7 Å². The number of benzene rings is 1. The highest BCUT2D eigenvalue weighted by Gasteiger charge is 2.34. The molecule has 0 N–H and O–H groups in total. The van der Waals surface area contributed by atoms with Crippen LogP contribution in [0.25, 0.3) is 16.6 Å². The van der Waals surface area contributed by atoms with Gasteiger partial charge in [-0.1, -0.05) is 19.9 Å². The summed E-state index contributed by atoms with van der Waals surface area (Å²) in [5.74, 6) is 0.437. The lowest BCUT2D eigenvalue weighted by atomic mass is 9.88. The lowest BCUT2D eigenvalue weighted by molar-refractivity contribution is -0.108. The van der Waals surface area contributed by atoms with E-state index in [9.17, 15) is 14.0 Å². The van der Waals surface area contributed by atoms with Crippen LogP contribution in [0.5, 0.6) is 0 Å². The third-order valence-corrected chi connectivity index (χ3v) is 7.96. The highest BCUT2D eigenvalue weighted by molar-refractivity contribution is 6.03. The molecular formula is C31H41FN4O2. The quantitative estimate of drug-likeness (QED) is 0.300. The summed E-state index contributed by atoms with van der Waals surface area (Å²) >= 11 is 0. The number of carbonyl (C=O) groups excluding carboxylic acids is 2. The predicted molar refractivity (Wildman–Crippen MR) is 150 cm³/mol. The van der Waals surface area contributed by atoms with Crippen molar-refractivity contribution in [2.45, 2.75) is 72.9 Å². The number of aldehydes is 1. The Morgan fingerprint density at radius 2 is 1.89 bits per heavy atom. The van der Waals surface area contributed by atoms with Crippen LogP contribution in [0.3, 0.4) is 0 Å². The number of hydrogen-bond acceptors (Lipinski definition) is 4. The van der Waals surface area contributed by atoms with E-state index in [-0.39, 0.29) is 11.9 Å². The first kappa shape index (κ1) is 28.0. The second kappa shape index (κ2) is 11.8. The molecule has 1 saturated heterocycles. The Hall–Kier alpha value is -3.06. The molecule has 0 spiro atoms. The molecule has 7 heteroatoms. The zero-order valence-corrected chi connectivity index (χ0v) is 23.6. The minimum absolute atomic E-state index is 0.0108. The summed E-state index contributed by atoms with van der Waals surface area (Å²) in [4.78, 5) is 33.2. The van der Waals surface area contributed by atoms with Gasteiger partial charge < -0.3 is 14.1 Å². The van der Waals surface area contributed by atoms with Gasteiger partial charge in [-0.25, -0.2) is 4.39 Å². The molecule has 0 saturated carbocycles. The van der Waals surface area contributed by atoms with Gasteiger partial charge in [-0.2, -0.15) is 0 Å². The first-order valence-corrected chi connectivity index (χ1v) is 13.9. The number of fused-ring (bicyclic) bond motifs is 1. The Morgan fingerprint density at radius 3 is 2.53 bits per heavy atom. The van der Waals surface area contributed by atoms with Crippen LogP contribution in [0.1, 0.15) is 69.2 Å². The fourth-order valence-corrected chi connectivity index (χ4v) is 6.07. The number of aromatic nitrogens is 2. The van der Waals surface area contributed by atoms with Crippen molar-refractivity contribution in [3.8, 4) is 11.1 Å². The second-order valence-electron chi connectivity index (χ2n) is 11.3. The van der Waals surface area contributed by atoms with E-state index in [4.69, 9.17) is 0 Å². The van der Waals surface area contributed by atoms with Crippen molar-refractivity contribution in [3.05, 3.63) is 59.4 Å². The van der Waals surface area contributed by atoms with Crippen LogP contribution in [-0.4, -0.2) is 63.1 Å². The van der Waals surface area contributed by atoms with Crippen molar-refractivity contribution in [3.63, 3.8) is 0 Å². The number of rotatable bonds is 11. The molecule has 0 radical (unpaired) electrons. The topological polar surface area (TPSA) is 57.9 Å². The van der Waals surface area contributed by atoms with Crippen molar-refractivity contribution < 1.29 is 14.0 Å². The molecule has 1 aliphatic heterocycles. The zero-order chi connectivity index (χ0) is 27.6. The van der Waals surface area contributed by atoms with Gasteiger partial charge >= 0.3 is 0 Å². The van der Waals surface area contributed by atoms with Crippen molar-refractivity contribution in [1.82, 2.24) is 19.2 Å². The van der Waals surface area contributed by atoms with Crippen molar-refractivity contribution in [2.24, 2.45) is 11.8 Å². The number of likely N-dealkylation sites (tertiary alicyclic amines) is 1. The Labute approximate surface area is 225 Å². The normalized spacial score (nSPS) is 15.3. The fourth-order valence-electron chi connectivity index (χ4n) is 6.07. The molecule has 1 atom stereocenters. The smallest absolute Gasteiger partial charge is 0.254 e. The van der Waals surface area contributed by atoms with E-state index in [0.717, 1.165) is 54.6 Å². The lowest BCUT2D eigenvalue weighted by Gasteiger charge is -2.46. The van der Waals surface area contributed by atoms with E-state index >= 15 is 0 Å². The van der Waals surface area contributed by atoms with E-state index in [2.05, 4.69) is 34.2 Å². The van der Waals surface area contributed by atoms with Crippen LogP contribution in [0, 0.1) is 24.6 Å². The first-order chi connectivity index (χ1) is 18.2. The summed E-state index contributed by atoms with van der Waals surface area (Å²) in [7, 11) is 0. The van der Waals surface area contributed by atoms with Gasteiger partial charge in [0.05, 0.1) is 17.3 Å². The van der Waals surface area contributed by atoms with Crippen molar-refractivity contribution >= 4 is 17.7 Å². The van der Waals surface area contributed by atoms with Crippen LogP contribution in [0.2, 0.25) is 0 Å². The minimum atomic E-state index is -0.418. The number of halogens is 1. The molecule has 0 unspecified atom stereocenters. The average molecular weight is 521 g/mol. The number of hydrogen-bond donors (Lipinski definition) is 0. The molecular weight excluding hydrogens is 479 g/mol. The van der Waals surface area contributed by atoms with Gasteiger partial charge in [-0.3, -0.25) is 14.7 Å². The third-order valence-electron chi connectivity index (χ3n) is 7.96. The number of amides is 1. The highest BCUT2D eigenvalue weighted by atomic mass is 19.1. The van der Waals surface area contributed by atoms with Crippen LogP contribution in [0.4, 0.5) is 4.39 Å².